The van der Waals surface area contributed by atoms with Crippen LogP contribution in [0.1, 0.15) is 57.2 Å². The molecule has 0 spiro atoms. The number of rotatable bonds is 4. The molecule has 1 aliphatic heterocycles. The number of nitrogens with zero attached hydrogens (tertiary/aromatic N) is 5. The minimum atomic E-state index is -0.915. The summed E-state index contributed by atoms with van der Waals surface area (Å²) in [5.74, 6) is -1.90. The maximum atomic E-state index is 16.6. The van der Waals surface area contributed by atoms with Crippen molar-refractivity contribution in [1.29, 1.82) is 0 Å². The molecule has 1 atom stereocenters. The fourth-order valence-corrected chi connectivity index (χ4v) is 5.20. The van der Waals surface area contributed by atoms with Crippen LogP contribution in [-0.4, -0.2) is 37.2 Å². The van der Waals surface area contributed by atoms with Gasteiger partial charge >= 0.3 is 5.69 Å². The second-order valence-electron chi connectivity index (χ2n) is 9.93. The predicted octanol–water partition coefficient (Wildman–Crippen LogP) is 5.64. The first-order chi connectivity index (χ1) is 17.7. The average Bonchev–Trinajstić information content (AvgIpc) is 2.85. The average molecular weight is 506 g/mol. The zero-order valence-electron chi connectivity index (χ0n) is 21.3. The highest BCUT2D eigenvalue weighted by molar-refractivity contribution is 5.93. The number of anilines is 1. The van der Waals surface area contributed by atoms with E-state index in [1.165, 1.54) is 22.9 Å². The third-order valence-electron chi connectivity index (χ3n) is 7.08. The Labute approximate surface area is 213 Å². The van der Waals surface area contributed by atoms with Gasteiger partial charge < -0.3 is 10.0 Å². The van der Waals surface area contributed by atoms with Crippen molar-refractivity contribution in [3.8, 4) is 22.7 Å². The normalized spacial score (nSPS) is 16.1. The lowest BCUT2D eigenvalue weighted by Gasteiger charge is -2.35. The number of hydrogen-bond donors (Lipinski definition) is 1. The summed E-state index contributed by atoms with van der Waals surface area (Å²) in [7, 11) is 0. The van der Waals surface area contributed by atoms with Gasteiger partial charge in [0.2, 0.25) is 0 Å². The number of aromatic nitrogens is 4. The molecule has 1 fully saturated rings. The fraction of sp³-hybridized carbons (Fsp3) is 0.357. The molecule has 37 heavy (non-hydrogen) atoms. The third-order valence-corrected chi connectivity index (χ3v) is 7.08. The Hall–Kier alpha value is -3.88. The van der Waals surface area contributed by atoms with Gasteiger partial charge in [0, 0.05) is 25.0 Å². The Morgan fingerprint density at radius 1 is 1.14 bits per heavy atom. The molecule has 0 aliphatic carbocycles. The van der Waals surface area contributed by atoms with Crippen molar-refractivity contribution in [2.75, 3.05) is 11.4 Å². The molecule has 7 nitrogen and oxygen atoms in total. The maximum absolute atomic E-state index is 16.6. The van der Waals surface area contributed by atoms with Gasteiger partial charge in [0.05, 0.1) is 22.3 Å². The minimum absolute atomic E-state index is 0.0707. The molecule has 0 saturated carbocycles. The van der Waals surface area contributed by atoms with Gasteiger partial charge in [-0.15, -0.1) is 0 Å². The SMILES string of the molecule is Cc1ccnc(C(C)C)c1-n1c(=O)nc(N2CCCC[C@@H]2C)c2cnc(-c3c(O)cccc3F)c(F)c21. The van der Waals surface area contributed by atoms with Crippen molar-refractivity contribution in [2.24, 2.45) is 0 Å². The van der Waals surface area contributed by atoms with Gasteiger partial charge in [0.15, 0.2) is 5.82 Å². The lowest BCUT2D eigenvalue weighted by atomic mass is 10.0. The lowest BCUT2D eigenvalue weighted by Crippen LogP contribution is -2.40. The summed E-state index contributed by atoms with van der Waals surface area (Å²) in [6.45, 7) is 8.43. The number of aromatic hydroxyl groups is 1. The molecule has 1 saturated heterocycles. The minimum Gasteiger partial charge on any atom is -0.507 e. The van der Waals surface area contributed by atoms with Gasteiger partial charge in [-0.25, -0.2) is 13.6 Å². The van der Waals surface area contributed by atoms with Gasteiger partial charge in [-0.05, 0) is 62.8 Å². The van der Waals surface area contributed by atoms with E-state index in [1.54, 1.807) is 12.3 Å². The Kier molecular flexibility index (Phi) is 6.39. The fourth-order valence-electron chi connectivity index (χ4n) is 5.20. The van der Waals surface area contributed by atoms with Gasteiger partial charge in [0.25, 0.3) is 0 Å². The summed E-state index contributed by atoms with van der Waals surface area (Å²) in [5.41, 5.74) is 0.285. The van der Waals surface area contributed by atoms with Crippen molar-refractivity contribution >= 4 is 16.7 Å². The third kappa shape index (κ3) is 4.12. The van der Waals surface area contributed by atoms with Crippen molar-refractivity contribution in [3.63, 3.8) is 0 Å². The molecular weight excluding hydrogens is 476 g/mol. The van der Waals surface area contributed by atoms with Gasteiger partial charge in [-0.1, -0.05) is 19.9 Å². The quantitative estimate of drug-likeness (QED) is 0.387. The van der Waals surface area contributed by atoms with Crippen LogP contribution in [0.2, 0.25) is 0 Å². The van der Waals surface area contributed by atoms with Crippen molar-refractivity contribution in [1.82, 2.24) is 19.5 Å². The number of phenols is 1. The summed E-state index contributed by atoms with van der Waals surface area (Å²) in [5, 5.41) is 10.7. The van der Waals surface area contributed by atoms with E-state index in [4.69, 9.17) is 0 Å². The smallest absolute Gasteiger partial charge is 0.354 e. The number of halogens is 2. The highest BCUT2D eigenvalue weighted by Crippen LogP contribution is 2.38. The number of phenolic OH excluding ortho intramolecular Hbond substituents is 1. The lowest BCUT2D eigenvalue weighted by molar-refractivity contribution is 0.470. The van der Waals surface area contributed by atoms with E-state index >= 15 is 4.39 Å². The van der Waals surface area contributed by atoms with E-state index in [1.807, 2.05) is 25.7 Å². The summed E-state index contributed by atoms with van der Waals surface area (Å²) in [6, 6.07) is 5.58. The number of piperidine rings is 1. The molecule has 1 aromatic carbocycles. The molecule has 3 aromatic heterocycles. The summed E-state index contributed by atoms with van der Waals surface area (Å²) in [6.07, 6.45) is 5.97. The van der Waals surface area contributed by atoms with Crippen LogP contribution >= 0.6 is 0 Å². The van der Waals surface area contributed by atoms with Crippen LogP contribution < -0.4 is 10.6 Å². The Morgan fingerprint density at radius 3 is 2.62 bits per heavy atom. The van der Waals surface area contributed by atoms with Crippen LogP contribution in [0.5, 0.6) is 5.75 Å². The Morgan fingerprint density at radius 2 is 1.92 bits per heavy atom. The van der Waals surface area contributed by atoms with Crippen molar-refractivity contribution < 1.29 is 13.9 Å². The molecular formula is C28H29F2N5O2. The summed E-state index contributed by atoms with van der Waals surface area (Å²) < 4.78 is 32.6. The second-order valence-corrected chi connectivity index (χ2v) is 9.93. The summed E-state index contributed by atoms with van der Waals surface area (Å²) >= 11 is 0. The predicted molar refractivity (Wildman–Crippen MR) is 139 cm³/mol. The van der Waals surface area contributed by atoms with Crippen LogP contribution in [0.4, 0.5) is 14.6 Å². The van der Waals surface area contributed by atoms with Crippen LogP contribution in [0, 0.1) is 18.6 Å². The van der Waals surface area contributed by atoms with E-state index < -0.39 is 23.1 Å². The van der Waals surface area contributed by atoms with E-state index in [-0.39, 0.29) is 28.7 Å². The zero-order chi connectivity index (χ0) is 26.4. The molecule has 0 bridgehead atoms. The molecule has 5 rings (SSSR count). The van der Waals surface area contributed by atoms with Gasteiger partial charge in [-0.3, -0.25) is 14.5 Å². The number of hydrogen-bond acceptors (Lipinski definition) is 6. The molecule has 1 aliphatic rings. The molecule has 4 heterocycles. The number of pyridine rings is 2. The second kappa shape index (κ2) is 9.53. The van der Waals surface area contributed by atoms with Crippen molar-refractivity contribution in [3.05, 3.63) is 70.0 Å². The van der Waals surface area contributed by atoms with Gasteiger partial charge in [-0.2, -0.15) is 4.98 Å². The molecule has 1 N–H and O–H groups in total. The molecule has 0 amide bonds. The molecule has 9 heteroatoms. The molecule has 0 radical (unpaired) electrons. The van der Waals surface area contributed by atoms with E-state index in [9.17, 15) is 14.3 Å². The Bertz CT molecular complexity index is 1550. The first-order valence-electron chi connectivity index (χ1n) is 12.5. The monoisotopic (exact) mass is 505 g/mol. The van der Waals surface area contributed by atoms with Crippen molar-refractivity contribution in [2.45, 2.75) is 58.9 Å². The zero-order valence-corrected chi connectivity index (χ0v) is 21.3. The first kappa shape index (κ1) is 24.8. The van der Waals surface area contributed by atoms with Crippen LogP contribution in [0.15, 0.2) is 41.5 Å². The highest BCUT2D eigenvalue weighted by Gasteiger charge is 2.29. The first-order valence-corrected chi connectivity index (χ1v) is 12.5. The van der Waals surface area contributed by atoms with Crippen LogP contribution in [-0.2, 0) is 0 Å². The largest absolute Gasteiger partial charge is 0.507 e. The number of aryl methyl sites for hydroxylation is 1. The van der Waals surface area contributed by atoms with E-state index in [0.29, 0.717) is 29.1 Å². The molecule has 192 valence electrons. The van der Waals surface area contributed by atoms with Gasteiger partial charge in [0.1, 0.15) is 28.6 Å². The summed E-state index contributed by atoms with van der Waals surface area (Å²) in [4.78, 5) is 29.0. The molecule has 0 unspecified atom stereocenters. The topological polar surface area (TPSA) is 84.1 Å². The Balaban J connectivity index is 1.94. The van der Waals surface area contributed by atoms with E-state index in [2.05, 4.69) is 21.9 Å². The van der Waals surface area contributed by atoms with Crippen LogP contribution in [0.3, 0.4) is 0 Å². The van der Waals surface area contributed by atoms with E-state index in [0.717, 1.165) is 30.9 Å². The number of benzene rings is 1. The standard InChI is InChI=1S/C28H29F2N5O2/c1-15(2)23-25(16(3)11-12-31-23)35-26-18(27(33-28(35)37)34-13-6-5-8-17(34)4)14-32-24(22(26)30)21-19(29)9-7-10-20(21)36/h7,9-12,14-15,17,36H,5-6,8,13H2,1-4H3/t17-/m0/s1. The highest BCUT2D eigenvalue weighted by atomic mass is 19.1. The maximum Gasteiger partial charge on any atom is 0.354 e. The number of fused-ring (bicyclic) bond motifs is 1. The molecule has 4 aromatic rings. The van der Waals surface area contributed by atoms with Crippen LogP contribution in [0.25, 0.3) is 27.8 Å².